The second kappa shape index (κ2) is 3.93. The fourth-order valence-electron chi connectivity index (χ4n) is 1.66. The lowest BCUT2D eigenvalue weighted by molar-refractivity contribution is 0.0851. The van der Waals surface area contributed by atoms with E-state index in [-0.39, 0.29) is 6.10 Å². The summed E-state index contributed by atoms with van der Waals surface area (Å²) in [6.45, 7) is 0.404. The van der Waals surface area contributed by atoms with Gasteiger partial charge in [-0.25, -0.2) is 9.97 Å². The van der Waals surface area contributed by atoms with Gasteiger partial charge in [0.25, 0.3) is 0 Å². The maximum Gasteiger partial charge on any atom is 0.192 e. The summed E-state index contributed by atoms with van der Waals surface area (Å²) in [5.74, 6) is 2.04. The number of rotatable bonds is 1. The lowest BCUT2D eigenvalue weighted by atomic mass is 10.2. The smallest absolute Gasteiger partial charge is 0.192 e. The molecule has 0 amide bonds. The van der Waals surface area contributed by atoms with Gasteiger partial charge in [-0.2, -0.15) is 0 Å². The second-order valence-corrected chi connectivity index (χ2v) is 3.74. The van der Waals surface area contributed by atoms with Crippen LogP contribution in [0.3, 0.4) is 0 Å². The second-order valence-electron chi connectivity index (χ2n) is 3.74. The number of ether oxygens (including phenoxy) is 2. The van der Waals surface area contributed by atoms with Crippen molar-refractivity contribution in [2.75, 3.05) is 12.3 Å². The van der Waals surface area contributed by atoms with Crippen LogP contribution in [0.4, 0.5) is 5.69 Å². The SMILES string of the molecule is Nc1cnc(C2COc3ccccc3O2)nc1. The van der Waals surface area contributed by atoms with Crippen molar-refractivity contribution in [1.29, 1.82) is 0 Å². The van der Waals surface area contributed by atoms with E-state index in [1.807, 2.05) is 24.3 Å². The molecule has 17 heavy (non-hydrogen) atoms. The molecule has 2 aromatic rings. The molecule has 1 aromatic carbocycles. The third-order valence-corrected chi connectivity index (χ3v) is 2.49. The number of para-hydroxylation sites is 2. The fourth-order valence-corrected chi connectivity index (χ4v) is 1.66. The first kappa shape index (κ1) is 9.89. The van der Waals surface area contributed by atoms with Crippen LogP contribution in [0, 0.1) is 0 Å². The van der Waals surface area contributed by atoms with Crippen LogP contribution in [0.5, 0.6) is 11.5 Å². The Bertz CT molecular complexity index is 528. The van der Waals surface area contributed by atoms with E-state index in [2.05, 4.69) is 9.97 Å². The number of aromatic nitrogens is 2. The van der Waals surface area contributed by atoms with E-state index in [0.29, 0.717) is 23.9 Å². The molecule has 0 spiro atoms. The average molecular weight is 229 g/mol. The van der Waals surface area contributed by atoms with Gasteiger partial charge in [-0.05, 0) is 12.1 Å². The molecule has 86 valence electrons. The Hall–Kier alpha value is -2.30. The van der Waals surface area contributed by atoms with E-state index in [1.165, 1.54) is 0 Å². The third-order valence-electron chi connectivity index (χ3n) is 2.49. The van der Waals surface area contributed by atoms with Crippen molar-refractivity contribution >= 4 is 5.69 Å². The van der Waals surface area contributed by atoms with E-state index in [9.17, 15) is 0 Å². The minimum atomic E-state index is -0.287. The minimum Gasteiger partial charge on any atom is -0.485 e. The van der Waals surface area contributed by atoms with Gasteiger partial charge in [-0.3, -0.25) is 0 Å². The standard InChI is InChI=1S/C12H11N3O2/c13-8-5-14-12(15-6-8)11-7-16-9-3-1-2-4-10(9)17-11/h1-6,11H,7,13H2. The van der Waals surface area contributed by atoms with Gasteiger partial charge >= 0.3 is 0 Å². The third kappa shape index (κ3) is 1.87. The molecule has 0 saturated heterocycles. The highest BCUT2D eigenvalue weighted by Gasteiger charge is 2.24. The average Bonchev–Trinajstić information content (AvgIpc) is 2.39. The molecular formula is C12H11N3O2. The van der Waals surface area contributed by atoms with Gasteiger partial charge in [0.05, 0.1) is 18.1 Å². The van der Waals surface area contributed by atoms with Crippen LogP contribution in [-0.2, 0) is 0 Å². The van der Waals surface area contributed by atoms with E-state index < -0.39 is 0 Å². The number of anilines is 1. The Morgan fingerprint density at radius 2 is 1.82 bits per heavy atom. The van der Waals surface area contributed by atoms with Gasteiger partial charge in [-0.1, -0.05) is 12.1 Å². The van der Waals surface area contributed by atoms with Gasteiger partial charge < -0.3 is 15.2 Å². The van der Waals surface area contributed by atoms with Crippen LogP contribution >= 0.6 is 0 Å². The van der Waals surface area contributed by atoms with Crippen molar-refractivity contribution in [1.82, 2.24) is 9.97 Å². The normalized spacial score (nSPS) is 17.8. The topological polar surface area (TPSA) is 70.3 Å². The molecule has 1 aromatic heterocycles. The lowest BCUT2D eigenvalue weighted by Gasteiger charge is -2.25. The largest absolute Gasteiger partial charge is 0.485 e. The zero-order chi connectivity index (χ0) is 11.7. The molecule has 0 bridgehead atoms. The summed E-state index contributed by atoms with van der Waals surface area (Å²) in [5, 5.41) is 0. The summed E-state index contributed by atoms with van der Waals surface area (Å²) in [6, 6.07) is 7.53. The van der Waals surface area contributed by atoms with Gasteiger partial charge in [0.1, 0.15) is 6.61 Å². The molecule has 3 rings (SSSR count). The van der Waals surface area contributed by atoms with E-state index in [4.69, 9.17) is 15.2 Å². The van der Waals surface area contributed by atoms with Crippen molar-refractivity contribution in [2.45, 2.75) is 6.10 Å². The number of hydrogen-bond acceptors (Lipinski definition) is 5. The summed E-state index contributed by atoms with van der Waals surface area (Å²) in [7, 11) is 0. The quantitative estimate of drug-likeness (QED) is 0.803. The molecule has 0 fully saturated rings. The van der Waals surface area contributed by atoms with Crippen LogP contribution in [0.2, 0.25) is 0 Å². The number of nitrogen functional groups attached to an aromatic ring is 1. The van der Waals surface area contributed by atoms with Crippen LogP contribution in [0.15, 0.2) is 36.7 Å². The number of benzene rings is 1. The summed E-state index contributed by atoms with van der Waals surface area (Å²) in [5.41, 5.74) is 6.07. The molecule has 1 atom stereocenters. The zero-order valence-corrected chi connectivity index (χ0v) is 9.04. The summed E-state index contributed by atoms with van der Waals surface area (Å²) < 4.78 is 11.4. The molecule has 0 saturated carbocycles. The highest BCUT2D eigenvalue weighted by molar-refractivity contribution is 5.41. The highest BCUT2D eigenvalue weighted by atomic mass is 16.6. The Morgan fingerprint density at radius 3 is 2.59 bits per heavy atom. The van der Waals surface area contributed by atoms with Crippen molar-refractivity contribution in [2.24, 2.45) is 0 Å². The Balaban J connectivity index is 1.86. The molecule has 1 unspecified atom stereocenters. The molecule has 5 heteroatoms. The predicted molar refractivity (Wildman–Crippen MR) is 61.8 cm³/mol. The van der Waals surface area contributed by atoms with E-state index in [0.717, 1.165) is 5.75 Å². The van der Waals surface area contributed by atoms with Crippen molar-refractivity contribution in [3.05, 3.63) is 42.5 Å². The number of nitrogens with two attached hydrogens (primary N) is 1. The summed E-state index contributed by atoms with van der Waals surface area (Å²) in [6.07, 6.45) is 2.84. The van der Waals surface area contributed by atoms with E-state index in [1.54, 1.807) is 12.4 Å². The maximum absolute atomic E-state index is 5.77. The maximum atomic E-state index is 5.77. The van der Waals surface area contributed by atoms with Crippen molar-refractivity contribution < 1.29 is 9.47 Å². The first-order valence-corrected chi connectivity index (χ1v) is 5.29. The zero-order valence-electron chi connectivity index (χ0n) is 9.04. The molecule has 1 aliphatic rings. The lowest BCUT2D eigenvalue weighted by Crippen LogP contribution is -2.23. The molecular weight excluding hydrogens is 218 g/mol. The van der Waals surface area contributed by atoms with Crippen LogP contribution in [-0.4, -0.2) is 16.6 Å². The van der Waals surface area contributed by atoms with Crippen molar-refractivity contribution in [3.63, 3.8) is 0 Å². The molecule has 1 aliphatic heterocycles. The van der Waals surface area contributed by atoms with Gasteiger partial charge in [0, 0.05) is 0 Å². The fraction of sp³-hybridized carbons (Fsp3) is 0.167. The molecule has 5 nitrogen and oxygen atoms in total. The van der Waals surface area contributed by atoms with Gasteiger partial charge in [0.2, 0.25) is 0 Å². The first-order chi connectivity index (χ1) is 8.33. The Labute approximate surface area is 98.2 Å². The monoisotopic (exact) mass is 229 g/mol. The summed E-state index contributed by atoms with van der Waals surface area (Å²) in [4.78, 5) is 8.27. The highest BCUT2D eigenvalue weighted by Crippen LogP contribution is 2.34. The van der Waals surface area contributed by atoms with Gasteiger partial charge in [-0.15, -0.1) is 0 Å². The Kier molecular flexibility index (Phi) is 2.29. The van der Waals surface area contributed by atoms with E-state index >= 15 is 0 Å². The molecule has 2 heterocycles. The summed E-state index contributed by atoms with van der Waals surface area (Å²) >= 11 is 0. The minimum absolute atomic E-state index is 0.287. The first-order valence-electron chi connectivity index (χ1n) is 5.29. The van der Waals surface area contributed by atoms with Crippen LogP contribution < -0.4 is 15.2 Å². The van der Waals surface area contributed by atoms with Crippen LogP contribution in [0.1, 0.15) is 11.9 Å². The molecule has 2 N–H and O–H groups in total. The van der Waals surface area contributed by atoms with Crippen LogP contribution in [0.25, 0.3) is 0 Å². The Morgan fingerprint density at radius 1 is 1.12 bits per heavy atom. The molecule has 0 aliphatic carbocycles. The number of fused-ring (bicyclic) bond motifs is 1. The number of nitrogens with zero attached hydrogens (tertiary/aromatic N) is 2. The predicted octanol–water partition coefficient (Wildman–Crippen LogP) is 1.57. The molecule has 0 radical (unpaired) electrons. The van der Waals surface area contributed by atoms with Gasteiger partial charge in [0.15, 0.2) is 23.4 Å². The number of hydrogen-bond donors (Lipinski definition) is 1. The van der Waals surface area contributed by atoms with Crippen molar-refractivity contribution in [3.8, 4) is 11.5 Å².